The molecule has 0 aromatic heterocycles. The molecule has 0 fully saturated rings. The molecule has 0 heterocycles. The van der Waals surface area contributed by atoms with Crippen molar-refractivity contribution < 1.29 is 19.4 Å². The van der Waals surface area contributed by atoms with E-state index < -0.39 is 17.8 Å². The van der Waals surface area contributed by atoms with Crippen molar-refractivity contribution in [2.75, 3.05) is 6.61 Å². The molecule has 2 unspecified atom stereocenters. The molecule has 0 radical (unpaired) electrons. The molecule has 0 spiro atoms. The zero-order chi connectivity index (χ0) is 17.6. The Kier molecular flexibility index (Phi) is 11.2. The Balaban J connectivity index is 2.02. The summed E-state index contributed by atoms with van der Waals surface area (Å²) in [7, 11) is 0. The summed E-state index contributed by atoms with van der Waals surface area (Å²) >= 11 is 0. The highest BCUT2D eigenvalue weighted by molar-refractivity contribution is 5.83. The number of hydrogen-bond donors (Lipinski definition) is 1. The number of allylic oxidation sites excluding steroid dienone is 1. The fourth-order valence-corrected chi connectivity index (χ4v) is 3.21. The summed E-state index contributed by atoms with van der Waals surface area (Å²) in [6.45, 7) is 2.64. The molecule has 24 heavy (non-hydrogen) atoms. The van der Waals surface area contributed by atoms with Gasteiger partial charge in [0.25, 0.3) is 0 Å². The van der Waals surface area contributed by atoms with Gasteiger partial charge in [-0.2, -0.15) is 0 Å². The van der Waals surface area contributed by atoms with Crippen molar-refractivity contribution in [3.05, 3.63) is 12.2 Å². The van der Waals surface area contributed by atoms with Crippen LogP contribution in [0.25, 0.3) is 0 Å². The van der Waals surface area contributed by atoms with Gasteiger partial charge in [-0.25, -0.2) is 0 Å². The van der Waals surface area contributed by atoms with Gasteiger partial charge in [0.2, 0.25) is 0 Å². The van der Waals surface area contributed by atoms with Crippen LogP contribution in [0.5, 0.6) is 0 Å². The predicted molar refractivity (Wildman–Crippen MR) is 95.8 cm³/mol. The number of unbranched alkanes of at least 4 members (excludes halogenated alkanes) is 9. The summed E-state index contributed by atoms with van der Waals surface area (Å²) in [5, 5.41) is 9.18. The van der Waals surface area contributed by atoms with Crippen molar-refractivity contribution in [2.45, 2.75) is 84.0 Å². The Labute approximate surface area is 146 Å². The van der Waals surface area contributed by atoms with Gasteiger partial charge in [-0.05, 0) is 19.3 Å². The highest BCUT2D eigenvalue weighted by atomic mass is 16.5. The standard InChI is InChI=1S/C20H34O4/c1-2-3-4-5-6-7-8-9-10-13-16-24-20(23)18-15-12-11-14-17(18)19(21)22/h12,15,17-18H,2-11,13-14,16H2,1H3,(H,21,22). The van der Waals surface area contributed by atoms with E-state index in [9.17, 15) is 14.7 Å². The summed E-state index contributed by atoms with van der Waals surface area (Å²) in [6.07, 6.45) is 17.2. The van der Waals surface area contributed by atoms with Crippen LogP contribution in [0.2, 0.25) is 0 Å². The number of esters is 1. The van der Waals surface area contributed by atoms with E-state index in [1.807, 2.05) is 6.08 Å². The first kappa shape index (κ1) is 20.7. The molecule has 0 amide bonds. The molecule has 0 aromatic rings. The van der Waals surface area contributed by atoms with Gasteiger partial charge >= 0.3 is 11.9 Å². The fraction of sp³-hybridized carbons (Fsp3) is 0.800. The van der Waals surface area contributed by atoms with Crippen LogP contribution in [0.15, 0.2) is 12.2 Å². The second-order valence-electron chi connectivity index (χ2n) is 6.83. The summed E-state index contributed by atoms with van der Waals surface area (Å²) in [6, 6.07) is 0. The van der Waals surface area contributed by atoms with Crippen LogP contribution in [0.3, 0.4) is 0 Å². The number of ether oxygens (including phenoxy) is 1. The maximum Gasteiger partial charge on any atom is 0.313 e. The normalized spacial score (nSPS) is 20.0. The minimum Gasteiger partial charge on any atom is -0.481 e. The summed E-state index contributed by atoms with van der Waals surface area (Å²) in [5.74, 6) is -2.52. The van der Waals surface area contributed by atoms with Crippen LogP contribution in [-0.2, 0) is 14.3 Å². The minimum atomic E-state index is -0.903. The number of carboxylic acid groups (broad SMARTS) is 1. The van der Waals surface area contributed by atoms with E-state index in [4.69, 9.17) is 4.74 Å². The van der Waals surface area contributed by atoms with Crippen molar-refractivity contribution in [1.29, 1.82) is 0 Å². The van der Waals surface area contributed by atoms with E-state index in [2.05, 4.69) is 6.92 Å². The molecule has 0 saturated carbocycles. The van der Waals surface area contributed by atoms with Crippen LogP contribution in [-0.4, -0.2) is 23.7 Å². The molecule has 1 aliphatic rings. The monoisotopic (exact) mass is 338 g/mol. The number of carboxylic acids is 1. The Hall–Kier alpha value is -1.32. The summed E-state index contributed by atoms with van der Waals surface area (Å²) in [4.78, 5) is 23.2. The lowest BCUT2D eigenvalue weighted by Crippen LogP contribution is -2.31. The summed E-state index contributed by atoms with van der Waals surface area (Å²) in [5.41, 5.74) is 0. The average molecular weight is 338 g/mol. The molecular formula is C20H34O4. The van der Waals surface area contributed by atoms with E-state index in [-0.39, 0.29) is 5.97 Å². The topological polar surface area (TPSA) is 63.6 Å². The van der Waals surface area contributed by atoms with Crippen LogP contribution in [0.1, 0.15) is 84.0 Å². The second kappa shape index (κ2) is 13.0. The molecule has 4 heteroatoms. The SMILES string of the molecule is CCCCCCCCCCCCOC(=O)C1C=CCCC1C(=O)O. The van der Waals surface area contributed by atoms with Gasteiger partial charge in [0.15, 0.2) is 0 Å². The van der Waals surface area contributed by atoms with E-state index in [0.29, 0.717) is 13.0 Å². The number of rotatable bonds is 13. The smallest absolute Gasteiger partial charge is 0.313 e. The minimum absolute atomic E-state index is 0.380. The zero-order valence-corrected chi connectivity index (χ0v) is 15.2. The predicted octanol–water partition coefficient (Wildman–Crippen LogP) is 5.12. The molecule has 2 atom stereocenters. The van der Waals surface area contributed by atoms with E-state index in [1.165, 1.54) is 51.4 Å². The number of hydrogen-bond acceptors (Lipinski definition) is 3. The zero-order valence-electron chi connectivity index (χ0n) is 15.2. The van der Waals surface area contributed by atoms with Gasteiger partial charge in [-0.1, -0.05) is 76.9 Å². The molecule has 1 aliphatic carbocycles. The lowest BCUT2D eigenvalue weighted by Gasteiger charge is -2.22. The third-order valence-electron chi connectivity index (χ3n) is 4.75. The Morgan fingerprint density at radius 1 is 1.00 bits per heavy atom. The summed E-state index contributed by atoms with van der Waals surface area (Å²) < 4.78 is 5.28. The lowest BCUT2D eigenvalue weighted by molar-refractivity contribution is -0.156. The van der Waals surface area contributed by atoms with Gasteiger partial charge in [-0.3, -0.25) is 9.59 Å². The van der Waals surface area contributed by atoms with Gasteiger partial charge in [0.05, 0.1) is 18.4 Å². The van der Waals surface area contributed by atoms with E-state index in [0.717, 1.165) is 19.3 Å². The quantitative estimate of drug-likeness (QED) is 0.288. The Bertz CT molecular complexity index is 389. The largest absolute Gasteiger partial charge is 0.481 e. The fourth-order valence-electron chi connectivity index (χ4n) is 3.21. The van der Waals surface area contributed by atoms with Crippen molar-refractivity contribution in [2.24, 2.45) is 11.8 Å². The third-order valence-corrected chi connectivity index (χ3v) is 4.75. The molecule has 0 bridgehead atoms. The first-order valence-electron chi connectivity index (χ1n) is 9.73. The first-order valence-corrected chi connectivity index (χ1v) is 9.73. The Morgan fingerprint density at radius 2 is 1.58 bits per heavy atom. The van der Waals surface area contributed by atoms with E-state index in [1.54, 1.807) is 6.08 Å². The maximum absolute atomic E-state index is 12.0. The average Bonchev–Trinajstić information content (AvgIpc) is 2.59. The molecular weight excluding hydrogens is 304 g/mol. The first-order chi connectivity index (χ1) is 11.7. The van der Waals surface area contributed by atoms with E-state index >= 15 is 0 Å². The lowest BCUT2D eigenvalue weighted by atomic mass is 9.84. The van der Waals surface area contributed by atoms with Crippen LogP contribution in [0.4, 0.5) is 0 Å². The third kappa shape index (κ3) is 8.51. The molecule has 0 aromatic carbocycles. The molecule has 1 rings (SSSR count). The molecule has 0 saturated heterocycles. The van der Waals surface area contributed by atoms with Crippen LogP contribution < -0.4 is 0 Å². The van der Waals surface area contributed by atoms with Crippen LogP contribution in [0, 0.1) is 11.8 Å². The highest BCUT2D eigenvalue weighted by Gasteiger charge is 2.34. The molecule has 1 N–H and O–H groups in total. The van der Waals surface area contributed by atoms with Crippen LogP contribution >= 0.6 is 0 Å². The van der Waals surface area contributed by atoms with Crippen molar-refractivity contribution >= 4 is 11.9 Å². The van der Waals surface area contributed by atoms with Gasteiger partial charge < -0.3 is 9.84 Å². The Morgan fingerprint density at radius 3 is 2.17 bits per heavy atom. The number of carbonyl (C=O) groups excluding carboxylic acids is 1. The maximum atomic E-state index is 12.0. The van der Waals surface area contributed by atoms with Gasteiger partial charge in [0, 0.05) is 0 Å². The van der Waals surface area contributed by atoms with Gasteiger partial charge in [-0.15, -0.1) is 0 Å². The van der Waals surface area contributed by atoms with Crippen molar-refractivity contribution in [3.63, 3.8) is 0 Å². The van der Waals surface area contributed by atoms with Crippen molar-refractivity contribution in [3.8, 4) is 0 Å². The number of carbonyl (C=O) groups is 2. The number of aliphatic carboxylic acids is 1. The molecule has 138 valence electrons. The molecule has 0 aliphatic heterocycles. The van der Waals surface area contributed by atoms with Gasteiger partial charge in [0.1, 0.15) is 0 Å². The van der Waals surface area contributed by atoms with Crippen molar-refractivity contribution in [1.82, 2.24) is 0 Å². The second-order valence-corrected chi connectivity index (χ2v) is 6.83. The highest BCUT2D eigenvalue weighted by Crippen LogP contribution is 2.26. The molecule has 4 nitrogen and oxygen atoms in total.